The maximum absolute atomic E-state index is 12.6. The fourth-order valence-electron chi connectivity index (χ4n) is 4.15. The van der Waals surface area contributed by atoms with E-state index in [9.17, 15) is 9.59 Å². The molecule has 180 valence electrons. The molecule has 0 aromatic carbocycles. The first kappa shape index (κ1) is 22.3. The monoisotopic (exact) mass is 471 g/mol. The van der Waals surface area contributed by atoms with Crippen LogP contribution in [0.2, 0.25) is 0 Å². The van der Waals surface area contributed by atoms with Gasteiger partial charge in [-0.05, 0) is 39.8 Å². The number of fused-ring (bicyclic) bond motifs is 2. The number of aromatic nitrogens is 4. The topological polar surface area (TPSA) is 155 Å². The molecule has 3 aromatic rings. The molecule has 13 nitrogen and oxygen atoms in total. The van der Waals surface area contributed by atoms with Gasteiger partial charge in [0.25, 0.3) is 5.91 Å². The van der Waals surface area contributed by atoms with E-state index in [1.165, 1.54) is 12.7 Å². The van der Waals surface area contributed by atoms with Gasteiger partial charge in [-0.15, -0.1) is 0 Å². The molecule has 2 amide bonds. The number of anilines is 1. The van der Waals surface area contributed by atoms with Gasteiger partial charge in [-0.2, -0.15) is 0 Å². The third-order valence-corrected chi connectivity index (χ3v) is 5.53. The van der Waals surface area contributed by atoms with Gasteiger partial charge in [0.1, 0.15) is 24.3 Å². The zero-order chi connectivity index (χ0) is 24.0. The first-order chi connectivity index (χ1) is 16.3. The number of hydrogen-bond donors (Lipinski definition) is 3. The minimum absolute atomic E-state index is 0.156. The van der Waals surface area contributed by atoms with E-state index in [-0.39, 0.29) is 17.5 Å². The fraction of sp³-hybridized carbons (Fsp3) is 0.476. The van der Waals surface area contributed by atoms with E-state index in [1.807, 2.05) is 6.92 Å². The predicted molar refractivity (Wildman–Crippen MR) is 116 cm³/mol. The van der Waals surface area contributed by atoms with Crippen molar-refractivity contribution in [3.63, 3.8) is 0 Å². The van der Waals surface area contributed by atoms with Crippen LogP contribution in [0.5, 0.6) is 0 Å². The van der Waals surface area contributed by atoms with Crippen LogP contribution in [0.25, 0.3) is 11.2 Å². The zero-order valence-electron chi connectivity index (χ0n) is 19.1. The number of nitrogens with one attached hydrogen (secondary N) is 3. The van der Waals surface area contributed by atoms with E-state index >= 15 is 0 Å². The number of rotatable bonds is 6. The molecule has 4 atom stereocenters. The lowest BCUT2D eigenvalue weighted by atomic mass is 10.1. The van der Waals surface area contributed by atoms with E-state index in [2.05, 4.69) is 31.1 Å². The van der Waals surface area contributed by atoms with Gasteiger partial charge >= 0.3 is 5.91 Å². The highest BCUT2D eigenvalue weighted by Crippen LogP contribution is 2.43. The Morgan fingerprint density at radius 3 is 2.68 bits per heavy atom. The Hall–Kier alpha value is -3.55. The van der Waals surface area contributed by atoms with Crippen LogP contribution in [-0.4, -0.2) is 62.0 Å². The van der Waals surface area contributed by atoms with Crippen molar-refractivity contribution in [3.8, 4) is 0 Å². The molecule has 0 spiro atoms. The van der Waals surface area contributed by atoms with Crippen molar-refractivity contribution in [3.05, 3.63) is 36.3 Å². The highest BCUT2D eigenvalue weighted by molar-refractivity contribution is 5.93. The van der Waals surface area contributed by atoms with E-state index in [4.69, 9.17) is 18.6 Å². The number of nitrogens with zero attached hydrogens (tertiary/aromatic N) is 4. The number of hydrazine groups is 1. The summed E-state index contributed by atoms with van der Waals surface area (Å²) in [6, 6.07) is 3.26. The lowest BCUT2D eigenvalue weighted by molar-refractivity contribution is -0.197. The third kappa shape index (κ3) is 3.87. The van der Waals surface area contributed by atoms with Crippen molar-refractivity contribution in [2.45, 2.75) is 58.0 Å². The molecule has 0 bridgehead atoms. The number of imidazole rings is 1. The zero-order valence-corrected chi connectivity index (χ0v) is 19.1. The minimum atomic E-state index is -0.880. The van der Waals surface area contributed by atoms with Gasteiger partial charge in [0.2, 0.25) is 0 Å². The van der Waals surface area contributed by atoms with Crippen LogP contribution in [0.4, 0.5) is 5.82 Å². The molecule has 2 saturated heterocycles. The van der Waals surface area contributed by atoms with Crippen molar-refractivity contribution in [1.82, 2.24) is 30.3 Å². The normalized spacial score (nSPS) is 25.3. The lowest BCUT2D eigenvalue weighted by Gasteiger charge is -2.24. The van der Waals surface area contributed by atoms with Crippen LogP contribution in [0.3, 0.4) is 0 Å². The Balaban J connectivity index is 1.41. The highest BCUT2D eigenvalue weighted by Gasteiger charge is 2.58. The van der Waals surface area contributed by atoms with Gasteiger partial charge in [-0.25, -0.2) is 15.0 Å². The molecular weight excluding hydrogens is 446 g/mol. The molecule has 0 radical (unpaired) electrons. The van der Waals surface area contributed by atoms with Crippen LogP contribution in [0.15, 0.2) is 29.2 Å². The van der Waals surface area contributed by atoms with Crippen LogP contribution in [-0.2, 0) is 19.0 Å². The van der Waals surface area contributed by atoms with Crippen LogP contribution >= 0.6 is 0 Å². The van der Waals surface area contributed by atoms with Crippen molar-refractivity contribution in [1.29, 1.82) is 0 Å². The summed E-state index contributed by atoms with van der Waals surface area (Å²) >= 11 is 0. The van der Waals surface area contributed by atoms with Crippen molar-refractivity contribution in [2.24, 2.45) is 0 Å². The van der Waals surface area contributed by atoms with Gasteiger partial charge in [-0.1, -0.05) is 0 Å². The Bertz CT molecular complexity index is 1240. The number of ether oxygens (including phenoxy) is 3. The summed E-state index contributed by atoms with van der Waals surface area (Å²) < 4.78 is 25.1. The second-order valence-electron chi connectivity index (χ2n) is 8.44. The second kappa shape index (κ2) is 8.34. The Morgan fingerprint density at radius 1 is 1.15 bits per heavy atom. The Morgan fingerprint density at radius 2 is 1.94 bits per heavy atom. The molecule has 34 heavy (non-hydrogen) atoms. The molecule has 4 unspecified atom stereocenters. The lowest BCUT2D eigenvalue weighted by Crippen LogP contribution is -2.42. The molecule has 13 heteroatoms. The van der Waals surface area contributed by atoms with E-state index in [0.29, 0.717) is 23.5 Å². The largest absolute Gasteiger partial charge is 0.456 e. The number of carbonyl (C=O) groups excluding carboxylic acids is 2. The molecule has 0 aliphatic carbocycles. The maximum Gasteiger partial charge on any atom is 0.305 e. The summed E-state index contributed by atoms with van der Waals surface area (Å²) in [5, 5.41) is 2.77. The number of amides is 2. The summed E-state index contributed by atoms with van der Waals surface area (Å²) in [5.41, 5.74) is 6.10. The molecule has 5 heterocycles. The summed E-state index contributed by atoms with van der Waals surface area (Å²) in [6.45, 7) is 7.62. The molecule has 2 fully saturated rings. The smallest absolute Gasteiger partial charge is 0.305 e. The highest BCUT2D eigenvalue weighted by atomic mass is 16.8. The SMILES string of the molecule is CCNC(=O)C1OC(n2cnc3c(NNC(=O)c4ccc(C)o4)ncnc32)C2OC(C)(C)OC12. The molecule has 3 N–H and O–H groups in total. The molecule has 5 rings (SSSR count). The number of likely N-dealkylation sites (N-methyl/N-ethyl adjacent to an activating group) is 1. The number of carbonyl (C=O) groups is 2. The van der Waals surface area contributed by atoms with Crippen molar-refractivity contribution in [2.75, 3.05) is 12.0 Å². The van der Waals surface area contributed by atoms with Gasteiger partial charge in [0.15, 0.2) is 40.9 Å². The molecule has 2 aliphatic rings. The van der Waals surface area contributed by atoms with Crippen molar-refractivity contribution >= 4 is 28.8 Å². The van der Waals surface area contributed by atoms with E-state index < -0.39 is 36.2 Å². The number of hydrogen-bond acceptors (Lipinski definition) is 10. The summed E-state index contributed by atoms with van der Waals surface area (Å²) in [6.07, 6.45) is 0.124. The molecule has 0 saturated carbocycles. The summed E-state index contributed by atoms with van der Waals surface area (Å²) in [4.78, 5) is 37.8. The molecule has 2 aliphatic heterocycles. The van der Waals surface area contributed by atoms with Crippen LogP contribution in [0.1, 0.15) is 43.3 Å². The van der Waals surface area contributed by atoms with Crippen molar-refractivity contribution < 1.29 is 28.2 Å². The Kier molecular flexibility index (Phi) is 5.46. The number of furan rings is 1. The van der Waals surface area contributed by atoms with Gasteiger partial charge in [0.05, 0.1) is 6.33 Å². The van der Waals surface area contributed by atoms with E-state index in [1.54, 1.807) is 37.5 Å². The van der Waals surface area contributed by atoms with Gasteiger partial charge in [0, 0.05) is 6.54 Å². The predicted octanol–water partition coefficient (Wildman–Crippen LogP) is 1.04. The Labute approximate surface area is 194 Å². The van der Waals surface area contributed by atoms with Crippen LogP contribution in [0, 0.1) is 6.92 Å². The molecular formula is C21H25N7O6. The average Bonchev–Trinajstić information content (AvgIpc) is 3.54. The standard InChI is InChI=1S/C21H25N7O6/c1-5-22-19(30)14-13-15(34-21(3,4)33-13)20(32-14)28-9-25-12-16(23-8-24-17(12)28)26-27-18(29)11-7-6-10(2)31-11/h6-9,13-15,20H,5H2,1-4H3,(H,22,30)(H,27,29)(H,23,24,26). The first-order valence-electron chi connectivity index (χ1n) is 10.9. The number of aryl methyl sites for hydroxylation is 1. The first-order valence-corrected chi connectivity index (χ1v) is 10.9. The van der Waals surface area contributed by atoms with Gasteiger partial charge < -0.3 is 23.9 Å². The van der Waals surface area contributed by atoms with Crippen LogP contribution < -0.4 is 16.2 Å². The summed E-state index contributed by atoms with van der Waals surface area (Å²) in [7, 11) is 0. The minimum Gasteiger partial charge on any atom is -0.456 e. The quantitative estimate of drug-likeness (QED) is 0.444. The molecule has 3 aromatic heterocycles. The fourth-order valence-corrected chi connectivity index (χ4v) is 4.15. The van der Waals surface area contributed by atoms with E-state index in [0.717, 1.165) is 0 Å². The maximum atomic E-state index is 12.6. The third-order valence-electron chi connectivity index (χ3n) is 5.53. The van der Waals surface area contributed by atoms with Gasteiger partial charge in [-0.3, -0.25) is 25.0 Å². The average molecular weight is 471 g/mol. The second-order valence-corrected chi connectivity index (χ2v) is 8.44. The summed E-state index contributed by atoms with van der Waals surface area (Å²) in [5.74, 6) is -0.573.